The predicted octanol–water partition coefficient (Wildman–Crippen LogP) is 1.79. The van der Waals surface area contributed by atoms with Gasteiger partial charge in [0, 0.05) is 17.3 Å². The summed E-state index contributed by atoms with van der Waals surface area (Å²) in [5, 5.41) is 14.3. The summed E-state index contributed by atoms with van der Waals surface area (Å²) in [5.41, 5.74) is 1.81. The third-order valence-corrected chi connectivity index (χ3v) is 3.61. The molecule has 6 heteroatoms. The summed E-state index contributed by atoms with van der Waals surface area (Å²) in [6.07, 6.45) is 0.369. The van der Waals surface area contributed by atoms with Gasteiger partial charge in [0.15, 0.2) is 0 Å². The Hall–Kier alpha value is -2.37. The Kier molecular flexibility index (Phi) is 4.49. The molecule has 1 fully saturated rings. The summed E-state index contributed by atoms with van der Waals surface area (Å²) in [5.74, 6) is -2.52. The second-order valence-electron chi connectivity index (χ2n) is 5.93. The van der Waals surface area contributed by atoms with Crippen molar-refractivity contribution in [2.45, 2.75) is 33.2 Å². The zero-order chi connectivity index (χ0) is 16.4. The van der Waals surface area contributed by atoms with Crippen LogP contribution in [0.5, 0.6) is 0 Å². The SMILES string of the molecule is Cc1ccc(NC(=O)C2CC2C(=O)O)cc1C(=O)NC(C)C. The van der Waals surface area contributed by atoms with Crippen LogP contribution in [0.25, 0.3) is 0 Å². The molecule has 1 aliphatic rings. The number of aliphatic carboxylic acids is 1. The third-order valence-electron chi connectivity index (χ3n) is 3.61. The van der Waals surface area contributed by atoms with E-state index in [2.05, 4.69) is 10.6 Å². The van der Waals surface area contributed by atoms with Crippen LogP contribution in [-0.2, 0) is 9.59 Å². The van der Waals surface area contributed by atoms with Crippen LogP contribution in [0.15, 0.2) is 18.2 Å². The van der Waals surface area contributed by atoms with Crippen molar-refractivity contribution in [3.63, 3.8) is 0 Å². The first-order chi connectivity index (χ1) is 10.3. The first-order valence-corrected chi connectivity index (χ1v) is 7.24. The van der Waals surface area contributed by atoms with Gasteiger partial charge in [0.1, 0.15) is 0 Å². The van der Waals surface area contributed by atoms with Gasteiger partial charge in [-0.1, -0.05) is 6.07 Å². The van der Waals surface area contributed by atoms with Gasteiger partial charge in [-0.3, -0.25) is 14.4 Å². The average Bonchev–Trinajstić information content (AvgIpc) is 3.20. The van der Waals surface area contributed by atoms with E-state index in [9.17, 15) is 14.4 Å². The molecule has 1 aliphatic carbocycles. The van der Waals surface area contributed by atoms with Crippen molar-refractivity contribution in [1.29, 1.82) is 0 Å². The number of anilines is 1. The van der Waals surface area contributed by atoms with Crippen molar-refractivity contribution < 1.29 is 19.5 Å². The van der Waals surface area contributed by atoms with Crippen molar-refractivity contribution in [3.05, 3.63) is 29.3 Å². The Balaban J connectivity index is 2.08. The quantitative estimate of drug-likeness (QED) is 0.773. The van der Waals surface area contributed by atoms with E-state index in [4.69, 9.17) is 5.11 Å². The number of nitrogens with one attached hydrogen (secondary N) is 2. The maximum atomic E-state index is 12.1. The number of hydrogen-bond donors (Lipinski definition) is 3. The Morgan fingerprint density at radius 2 is 1.91 bits per heavy atom. The van der Waals surface area contributed by atoms with Crippen LogP contribution in [0.1, 0.15) is 36.2 Å². The number of hydrogen-bond acceptors (Lipinski definition) is 3. The van der Waals surface area contributed by atoms with Gasteiger partial charge >= 0.3 is 5.97 Å². The molecule has 0 radical (unpaired) electrons. The molecule has 0 saturated heterocycles. The Morgan fingerprint density at radius 1 is 1.23 bits per heavy atom. The van der Waals surface area contributed by atoms with Crippen LogP contribution in [0.4, 0.5) is 5.69 Å². The van der Waals surface area contributed by atoms with Gasteiger partial charge in [-0.05, 0) is 44.9 Å². The molecule has 6 nitrogen and oxygen atoms in total. The first kappa shape index (κ1) is 16.0. The fourth-order valence-corrected chi connectivity index (χ4v) is 2.28. The smallest absolute Gasteiger partial charge is 0.307 e. The van der Waals surface area contributed by atoms with Crippen molar-refractivity contribution in [2.75, 3.05) is 5.32 Å². The monoisotopic (exact) mass is 304 g/mol. The number of rotatable bonds is 5. The van der Waals surface area contributed by atoms with E-state index in [1.54, 1.807) is 18.2 Å². The molecule has 1 aromatic carbocycles. The van der Waals surface area contributed by atoms with Gasteiger partial charge in [-0.2, -0.15) is 0 Å². The molecule has 1 saturated carbocycles. The number of carbonyl (C=O) groups excluding carboxylic acids is 2. The number of carboxylic acid groups (broad SMARTS) is 1. The van der Waals surface area contributed by atoms with Crippen LogP contribution in [-0.4, -0.2) is 28.9 Å². The molecular weight excluding hydrogens is 284 g/mol. The number of carboxylic acids is 1. The van der Waals surface area contributed by atoms with Gasteiger partial charge in [0.2, 0.25) is 5.91 Å². The minimum atomic E-state index is -0.943. The highest BCUT2D eigenvalue weighted by atomic mass is 16.4. The van der Waals surface area contributed by atoms with Crippen molar-refractivity contribution >= 4 is 23.5 Å². The molecule has 0 aromatic heterocycles. The fraction of sp³-hybridized carbons (Fsp3) is 0.438. The Bertz CT molecular complexity index is 625. The summed E-state index contributed by atoms with van der Waals surface area (Å²) < 4.78 is 0. The maximum absolute atomic E-state index is 12.1. The molecule has 3 N–H and O–H groups in total. The minimum Gasteiger partial charge on any atom is -0.481 e. The third kappa shape index (κ3) is 3.63. The summed E-state index contributed by atoms with van der Waals surface area (Å²) in [4.78, 5) is 34.8. The molecule has 0 heterocycles. The van der Waals surface area contributed by atoms with Gasteiger partial charge in [0.25, 0.3) is 5.91 Å². The molecule has 0 spiro atoms. The van der Waals surface area contributed by atoms with E-state index < -0.39 is 17.8 Å². The molecule has 2 rings (SSSR count). The van der Waals surface area contributed by atoms with Crippen molar-refractivity contribution in [3.8, 4) is 0 Å². The van der Waals surface area contributed by atoms with Crippen LogP contribution in [0.3, 0.4) is 0 Å². The van der Waals surface area contributed by atoms with Crippen molar-refractivity contribution in [2.24, 2.45) is 11.8 Å². The van der Waals surface area contributed by atoms with Gasteiger partial charge in [0.05, 0.1) is 11.8 Å². The van der Waals surface area contributed by atoms with Crippen LogP contribution in [0.2, 0.25) is 0 Å². The maximum Gasteiger partial charge on any atom is 0.307 e. The highest BCUT2D eigenvalue weighted by molar-refractivity contribution is 6.00. The number of benzene rings is 1. The number of amides is 2. The molecule has 0 bridgehead atoms. The zero-order valence-corrected chi connectivity index (χ0v) is 12.8. The lowest BCUT2D eigenvalue weighted by Gasteiger charge is -2.12. The normalized spacial score (nSPS) is 19.6. The summed E-state index contributed by atoms with van der Waals surface area (Å²) in [6.45, 7) is 5.57. The van der Waals surface area contributed by atoms with E-state index in [0.29, 0.717) is 17.7 Å². The van der Waals surface area contributed by atoms with Crippen molar-refractivity contribution in [1.82, 2.24) is 5.32 Å². The van der Waals surface area contributed by atoms with Gasteiger partial charge in [-0.25, -0.2) is 0 Å². The van der Waals surface area contributed by atoms with E-state index in [0.717, 1.165) is 5.56 Å². The lowest BCUT2D eigenvalue weighted by molar-refractivity contribution is -0.139. The Labute approximate surface area is 128 Å². The van der Waals surface area contributed by atoms with Gasteiger partial charge in [-0.15, -0.1) is 0 Å². The lowest BCUT2D eigenvalue weighted by atomic mass is 10.1. The summed E-state index contributed by atoms with van der Waals surface area (Å²) in [7, 11) is 0. The molecule has 1 aromatic rings. The largest absolute Gasteiger partial charge is 0.481 e. The highest BCUT2D eigenvalue weighted by Crippen LogP contribution is 2.39. The molecule has 0 aliphatic heterocycles. The molecule has 22 heavy (non-hydrogen) atoms. The van der Waals surface area contributed by atoms with E-state index in [1.165, 1.54) is 0 Å². The Morgan fingerprint density at radius 3 is 2.45 bits per heavy atom. The molecular formula is C16H20N2O4. The van der Waals surface area contributed by atoms with Crippen LogP contribution in [0, 0.1) is 18.8 Å². The molecule has 2 amide bonds. The van der Waals surface area contributed by atoms with Crippen LogP contribution < -0.4 is 10.6 Å². The zero-order valence-electron chi connectivity index (χ0n) is 12.8. The second kappa shape index (κ2) is 6.17. The molecule has 2 unspecified atom stereocenters. The second-order valence-corrected chi connectivity index (χ2v) is 5.93. The number of aryl methyl sites for hydroxylation is 1. The van der Waals surface area contributed by atoms with E-state index in [-0.39, 0.29) is 17.9 Å². The van der Waals surface area contributed by atoms with E-state index >= 15 is 0 Å². The minimum absolute atomic E-state index is 0.0212. The fourth-order valence-electron chi connectivity index (χ4n) is 2.28. The predicted molar refractivity (Wildman–Crippen MR) is 81.6 cm³/mol. The molecule has 2 atom stereocenters. The highest BCUT2D eigenvalue weighted by Gasteiger charge is 2.48. The van der Waals surface area contributed by atoms with E-state index in [1.807, 2.05) is 20.8 Å². The number of carbonyl (C=O) groups is 3. The summed E-state index contributed by atoms with van der Waals surface area (Å²) >= 11 is 0. The first-order valence-electron chi connectivity index (χ1n) is 7.24. The van der Waals surface area contributed by atoms with Crippen LogP contribution >= 0.6 is 0 Å². The topological polar surface area (TPSA) is 95.5 Å². The van der Waals surface area contributed by atoms with Gasteiger partial charge < -0.3 is 15.7 Å². The lowest BCUT2D eigenvalue weighted by Crippen LogP contribution is -2.30. The standard InChI is InChI=1S/C16H20N2O4/c1-8(2)17-14(19)11-6-10(5-4-9(11)3)18-15(20)12-7-13(12)16(21)22/h4-6,8,12-13H,7H2,1-3H3,(H,17,19)(H,18,20)(H,21,22). The summed E-state index contributed by atoms with van der Waals surface area (Å²) in [6, 6.07) is 5.10. The average molecular weight is 304 g/mol. The molecule has 118 valence electrons.